The zero-order valence-electron chi connectivity index (χ0n) is 16.9. The average molecular weight is 454 g/mol. The molecule has 2 aromatic rings. The molecule has 1 aromatic heterocycles. The Morgan fingerprint density at radius 3 is 2.87 bits per heavy atom. The molecule has 30 heavy (non-hydrogen) atoms. The summed E-state index contributed by atoms with van der Waals surface area (Å²) >= 11 is -0.242. The van der Waals surface area contributed by atoms with Gasteiger partial charge < -0.3 is 18.9 Å². The maximum Gasteiger partial charge on any atom is 0.413 e. The van der Waals surface area contributed by atoms with Gasteiger partial charge in [0.15, 0.2) is 6.23 Å². The maximum atomic E-state index is 12.7. The molecule has 0 saturated carbocycles. The monoisotopic (exact) mass is 453 g/mol. The number of carbonyl (C=O) groups is 2. The van der Waals surface area contributed by atoms with E-state index in [1.807, 2.05) is 6.92 Å². The maximum absolute atomic E-state index is 12.7. The van der Waals surface area contributed by atoms with Crippen molar-refractivity contribution in [3.8, 4) is 5.75 Å². The second-order valence-electron chi connectivity index (χ2n) is 6.26. The minimum Gasteiger partial charge on any atom is -0.610 e. The number of para-hydroxylation sites is 2. The number of nitrogens with zero attached hydrogens (tertiary/aromatic N) is 4. The highest BCUT2D eigenvalue weighted by Crippen LogP contribution is 2.30. The van der Waals surface area contributed by atoms with E-state index in [4.69, 9.17) is 9.47 Å². The summed E-state index contributed by atoms with van der Waals surface area (Å²) in [5, 5.41) is 10.8. The van der Waals surface area contributed by atoms with Crippen LogP contribution in [-0.2, 0) is 15.9 Å². The molecule has 162 valence electrons. The Balaban J connectivity index is 1.77. The Labute approximate surface area is 181 Å². The number of urea groups is 1. The third-order valence-electron chi connectivity index (χ3n) is 4.26. The minimum absolute atomic E-state index is 0.232. The van der Waals surface area contributed by atoms with E-state index >= 15 is 0 Å². The fraction of sp³-hybridized carbons (Fsp3) is 0.444. The van der Waals surface area contributed by atoms with Crippen LogP contribution in [0.25, 0.3) is 0 Å². The molecule has 3 amide bonds. The summed E-state index contributed by atoms with van der Waals surface area (Å²) in [6.45, 7) is 4.48. The standard InChI is InChI=1S/C18H23N5O5S2/c1-4-27-13-9-7-6-8-12(13)19-16(24)28-14-10-11-22(3)18(25)23(14)15-20-21-17(29-15)30(26)5-2/h6-9,14H,4-5,10-11H2,1-3H3,(H,19,24). The van der Waals surface area contributed by atoms with Gasteiger partial charge in [0, 0.05) is 31.2 Å². The molecule has 10 nitrogen and oxygen atoms in total. The van der Waals surface area contributed by atoms with E-state index in [0.717, 1.165) is 11.3 Å². The lowest BCUT2D eigenvalue weighted by molar-refractivity contribution is 0.0841. The van der Waals surface area contributed by atoms with Crippen LogP contribution in [0.15, 0.2) is 28.6 Å². The van der Waals surface area contributed by atoms with Crippen molar-refractivity contribution in [3.63, 3.8) is 0 Å². The molecule has 1 N–H and O–H groups in total. The lowest BCUT2D eigenvalue weighted by Crippen LogP contribution is -2.55. The van der Waals surface area contributed by atoms with Crippen molar-refractivity contribution < 1.29 is 23.6 Å². The average Bonchev–Trinajstić information content (AvgIpc) is 3.21. The van der Waals surface area contributed by atoms with Crippen molar-refractivity contribution in [1.29, 1.82) is 0 Å². The van der Waals surface area contributed by atoms with Crippen molar-refractivity contribution in [2.75, 3.05) is 36.2 Å². The zero-order valence-corrected chi connectivity index (χ0v) is 18.5. The number of amides is 3. The lowest BCUT2D eigenvalue weighted by atomic mass is 10.2. The van der Waals surface area contributed by atoms with Crippen LogP contribution in [0.2, 0.25) is 0 Å². The summed E-state index contributed by atoms with van der Waals surface area (Å²) in [4.78, 5) is 28.1. The van der Waals surface area contributed by atoms with Crippen LogP contribution in [0.3, 0.4) is 0 Å². The predicted octanol–water partition coefficient (Wildman–Crippen LogP) is 2.90. The number of benzene rings is 1. The summed E-state index contributed by atoms with van der Waals surface area (Å²) in [5.74, 6) is 0.911. The Morgan fingerprint density at radius 2 is 2.13 bits per heavy atom. The van der Waals surface area contributed by atoms with E-state index in [2.05, 4.69) is 15.5 Å². The molecule has 1 aliphatic rings. The fourth-order valence-electron chi connectivity index (χ4n) is 2.78. The summed E-state index contributed by atoms with van der Waals surface area (Å²) in [5.41, 5.74) is 0.465. The van der Waals surface area contributed by atoms with E-state index in [9.17, 15) is 14.1 Å². The number of hydrogen-bond acceptors (Lipinski definition) is 8. The summed E-state index contributed by atoms with van der Waals surface area (Å²) in [6, 6.07) is 6.62. The molecule has 1 fully saturated rings. The quantitative estimate of drug-likeness (QED) is 0.505. The third kappa shape index (κ3) is 4.94. The van der Waals surface area contributed by atoms with E-state index < -0.39 is 23.5 Å². The van der Waals surface area contributed by atoms with Gasteiger partial charge in [-0.15, -0.1) is 5.10 Å². The first-order valence-corrected chi connectivity index (χ1v) is 11.5. The zero-order chi connectivity index (χ0) is 21.7. The molecule has 2 heterocycles. The first kappa shape index (κ1) is 22.1. The molecule has 0 bridgehead atoms. The van der Waals surface area contributed by atoms with Gasteiger partial charge in [-0.25, -0.2) is 14.5 Å². The molecule has 1 aromatic carbocycles. The van der Waals surface area contributed by atoms with Gasteiger partial charge in [0.2, 0.25) is 5.13 Å². The fourth-order valence-corrected chi connectivity index (χ4v) is 4.72. The van der Waals surface area contributed by atoms with Gasteiger partial charge in [-0.3, -0.25) is 5.32 Å². The molecule has 0 spiro atoms. The minimum atomic E-state index is -1.29. The van der Waals surface area contributed by atoms with Gasteiger partial charge >= 0.3 is 16.5 Å². The van der Waals surface area contributed by atoms with Crippen LogP contribution >= 0.6 is 11.3 Å². The number of anilines is 2. The number of carbonyl (C=O) groups excluding carboxylic acids is 2. The van der Waals surface area contributed by atoms with Crippen molar-refractivity contribution in [1.82, 2.24) is 15.1 Å². The van der Waals surface area contributed by atoms with Crippen LogP contribution in [0, 0.1) is 0 Å². The molecule has 0 aliphatic carbocycles. The second-order valence-corrected chi connectivity index (χ2v) is 9.13. The SMILES string of the molecule is CCOc1ccccc1NC(=O)OC1CCN(C)C(=O)N1c1nnc([S+]([O-])CC)s1. The van der Waals surface area contributed by atoms with Crippen molar-refractivity contribution >= 4 is 45.5 Å². The first-order chi connectivity index (χ1) is 14.4. The Morgan fingerprint density at radius 1 is 1.37 bits per heavy atom. The van der Waals surface area contributed by atoms with E-state index in [-0.39, 0.29) is 11.2 Å². The number of hydrogen-bond donors (Lipinski definition) is 1. The number of ether oxygens (including phenoxy) is 2. The van der Waals surface area contributed by atoms with Crippen molar-refractivity contribution in [2.45, 2.75) is 30.8 Å². The van der Waals surface area contributed by atoms with Gasteiger partial charge in [0.1, 0.15) is 11.5 Å². The molecular weight excluding hydrogens is 430 g/mol. The summed E-state index contributed by atoms with van der Waals surface area (Å²) < 4.78 is 23.4. The number of aromatic nitrogens is 2. The van der Waals surface area contributed by atoms with E-state index in [0.29, 0.717) is 41.1 Å². The molecule has 1 aliphatic heterocycles. The predicted molar refractivity (Wildman–Crippen MR) is 113 cm³/mol. The van der Waals surface area contributed by atoms with Gasteiger partial charge in [0.05, 0.1) is 12.3 Å². The molecule has 0 radical (unpaired) electrons. The van der Waals surface area contributed by atoms with Crippen LogP contribution in [-0.4, -0.2) is 64.0 Å². The normalized spacial score (nSPS) is 17.6. The van der Waals surface area contributed by atoms with Crippen molar-refractivity contribution in [3.05, 3.63) is 24.3 Å². The first-order valence-electron chi connectivity index (χ1n) is 9.40. The largest absolute Gasteiger partial charge is 0.610 e. The Kier molecular flexibility index (Phi) is 7.34. The Bertz CT molecular complexity index is 895. The van der Waals surface area contributed by atoms with Gasteiger partial charge in [0.25, 0.3) is 0 Å². The molecular formula is C18H23N5O5S2. The van der Waals surface area contributed by atoms with Crippen molar-refractivity contribution in [2.24, 2.45) is 0 Å². The van der Waals surface area contributed by atoms with Crippen LogP contribution in [0.1, 0.15) is 20.3 Å². The van der Waals surface area contributed by atoms with Gasteiger partial charge in [-0.05, 0) is 37.3 Å². The third-order valence-corrected chi connectivity index (χ3v) is 6.78. The Hall–Kier alpha value is -2.57. The van der Waals surface area contributed by atoms with Crippen LogP contribution in [0.4, 0.5) is 20.4 Å². The smallest absolute Gasteiger partial charge is 0.413 e. The lowest BCUT2D eigenvalue weighted by Gasteiger charge is -2.37. The highest BCUT2D eigenvalue weighted by molar-refractivity contribution is 7.93. The van der Waals surface area contributed by atoms with Crippen LogP contribution in [0.5, 0.6) is 5.75 Å². The molecule has 2 atom stereocenters. The molecule has 12 heteroatoms. The highest BCUT2D eigenvalue weighted by atomic mass is 32.2. The molecule has 1 saturated heterocycles. The molecule has 3 rings (SSSR count). The summed E-state index contributed by atoms with van der Waals surface area (Å²) in [7, 11) is 1.65. The molecule has 2 unspecified atom stereocenters. The van der Waals surface area contributed by atoms with Gasteiger partial charge in [-0.1, -0.05) is 17.2 Å². The van der Waals surface area contributed by atoms with E-state index in [1.54, 1.807) is 38.2 Å². The number of nitrogens with one attached hydrogen (secondary N) is 1. The summed E-state index contributed by atoms with van der Waals surface area (Å²) in [6.07, 6.45) is -1.21. The van der Waals surface area contributed by atoms with Gasteiger partial charge in [-0.2, -0.15) is 0 Å². The second kappa shape index (κ2) is 9.96. The number of rotatable bonds is 7. The van der Waals surface area contributed by atoms with E-state index in [1.165, 1.54) is 9.80 Å². The highest BCUT2D eigenvalue weighted by Gasteiger charge is 2.38. The topological polar surface area (TPSA) is 120 Å². The van der Waals surface area contributed by atoms with Crippen LogP contribution < -0.4 is 15.0 Å².